The Balaban J connectivity index is 2.27. The lowest BCUT2D eigenvalue weighted by Gasteiger charge is -2.44. The van der Waals surface area contributed by atoms with Crippen LogP contribution in [0.1, 0.15) is 48.9 Å². The number of aliphatic carboxylic acids is 1. The van der Waals surface area contributed by atoms with Gasteiger partial charge in [0, 0.05) is 16.2 Å². The van der Waals surface area contributed by atoms with E-state index in [1.165, 1.54) is 0 Å². The molecule has 1 aromatic rings. The molecule has 0 aliphatic heterocycles. The molecule has 114 valence electrons. The van der Waals surface area contributed by atoms with Crippen LogP contribution in [-0.4, -0.2) is 34.5 Å². The fourth-order valence-electron chi connectivity index (χ4n) is 3.15. The van der Waals surface area contributed by atoms with Crippen LogP contribution < -0.4 is 0 Å². The van der Waals surface area contributed by atoms with Gasteiger partial charge in [0.05, 0.1) is 12.0 Å². The van der Waals surface area contributed by atoms with E-state index < -0.39 is 11.5 Å². The molecule has 1 aromatic carbocycles. The second-order valence-electron chi connectivity index (χ2n) is 5.73. The van der Waals surface area contributed by atoms with Crippen LogP contribution in [-0.2, 0) is 4.79 Å². The SMILES string of the molecule is CN(C(=O)c1cccc(I)c1)C1(CC(=O)O)CCCCC1. The number of carbonyl (C=O) groups is 2. The number of rotatable bonds is 4. The quantitative estimate of drug-likeness (QED) is 0.786. The summed E-state index contributed by atoms with van der Waals surface area (Å²) in [6.07, 6.45) is 4.65. The highest BCUT2D eigenvalue weighted by Crippen LogP contribution is 2.36. The van der Waals surface area contributed by atoms with Gasteiger partial charge in [-0.1, -0.05) is 25.3 Å². The highest BCUT2D eigenvalue weighted by atomic mass is 127. The number of nitrogens with zero attached hydrogens (tertiary/aromatic N) is 1. The van der Waals surface area contributed by atoms with Gasteiger partial charge in [0.1, 0.15) is 0 Å². The van der Waals surface area contributed by atoms with E-state index >= 15 is 0 Å². The summed E-state index contributed by atoms with van der Waals surface area (Å²) in [7, 11) is 1.75. The molecule has 1 N–H and O–H groups in total. The molecule has 0 atom stereocenters. The maximum absolute atomic E-state index is 12.7. The third-order valence-corrected chi connectivity index (χ3v) is 5.02. The Bertz CT molecular complexity index is 538. The Morgan fingerprint density at radius 3 is 2.52 bits per heavy atom. The molecule has 0 aromatic heterocycles. The summed E-state index contributed by atoms with van der Waals surface area (Å²) in [5, 5.41) is 9.24. The van der Waals surface area contributed by atoms with Crippen molar-refractivity contribution in [1.29, 1.82) is 0 Å². The van der Waals surface area contributed by atoms with Gasteiger partial charge < -0.3 is 10.0 Å². The summed E-state index contributed by atoms with van der Waals surface area (Å²) in [5.41, 5.74) is 0.0855. The number of hydrogen-bond donors (Lipinski definition) is 1. The summed E-state index contributed by atoms with van der Waals surface area (Å²) in [4.78, 5) is 25.6. The first-order chi connectivity index (χ1) is 9.94. The Morgan fingerprint density at radius 1 is 1.29 bits per heavy atom. The Labute approximate surface area is 138 Å². The number of halogens is 1. The van der Waals surface area contributed by atoms with Gasteiger partial charge in [-0.2, -0.15) is 0 Å². The van der Waals surface area contributed by atoms with E-state index in [1.54, 1.807) is 18.0 Å². The number of benzene rings is 1. The number of carboxylic acid groups (broad SMARTS) is 1. The normalized spacial score (nSPS) is 17.2. The molecule has 1 aliphatic carbocycles. The third kappa shape index (κ3) is 3.75. The molecule has 0 heterocycles. The van der Waals surface area contributed by atoms with Crippen LogP contribution in [0.4, 0.5) is 0 Å². The van der Waals surface area contributed by atoms with Gasteiger partial charge in [-0.25, -0.2) is 0 Å². The summed E-state index contributed by atoms with van der Waals surface area (Å²) >= 11 is 2.18. The second kappa shape index (κ2) is 6.77. The second-order valence-corrected chi connectivity index (χ2v) is 6.98. The predicted octanol–water partition coefficient (Wildman–Crippen LogP) is 3.54. The van der Waals surface area contributed by atoms with Crippen molar-refractivity contribution in [2.75, 3.05) is 7.05 Å². The zero-order valence-electron chi connectivity index (χ0n) is 12.1. The Morgan fingerprint density at radius 2 is 1.95 bits per heavy atom. The van der Waals surface area contributed by atoms with Crippen LogP contribution in [0.2, 0.25) is 0 Å². The molecule has 1 amide bonds. The predicted molar refractivity (Wildman–Crippen MR) is 89.3 cm³/mol. The molecular formula is C16H20INO3. The van der Waals surface area contributed by atoms with E-state index in [9.17, 15) is 14.7 Å². The fourth-order valence-corrected chi connectivity index (χ4v) is 3.70. The van der Waals surface area contributed by atoms with Gasteiger partial charge >= 0.3 is 5.97 Å². The molecule has 0 unspecified atom stereocenters. The molecule has 0 bridgehead atoms. The van der Waals surface area contributed by atoms with Crippen molar-refractivity contribution in [2.45, 2.75) is 44.1 Å². The molecule has 0 saturated heterocycles. The molecule has 4 nitrogen and oxygen atoms in total. The summed E-state index contributed by atoms with van der Waals surface area (Å²) in [5.74, 6) is -0.921. The zero-order valence-corrected chi connectivity index (χ0v) is 14.3. The number of carboxylic acids is 1. The van der Waals surface area contributed by atoms with E-state index in [0.717, 1.165) is 35.7 Å². The van der Waals surface area contributed by atoms with Crippen molar-refractivity contribution in [1.82, 2.24) is 4.90 Å². The molecule has 1 aliphatic rings. The number of hydrogen-bond acceptors (Lipinski definition) is 2. The van der Waals surface area contributed by atoms with Crippen molar-refractivity contribution < 1.29 is 14.7 Å². The Hall–Kier alpha value is -1.11. The van der Waals surface area contributed by atoms with Gasteiger partial charge in [-0.3, -0.25) is 9.59 Å². The standard InChI is InChI=1S/C16H20INO3/c1-18(15(21)12-6-5-7-13(17)10-12)16(11-14(19)20)8-3-2-4-9-16/h5-7,10H,2-4,8-9,11H2,1H3,(H,19,20). The van der Waals surface area contributed by atoms with Crippen LogP contribution in [0.15, 0.2) is 24.3 Å². The first-order valence-corrected chi connectivity index (χ1v) is 8.28. The van der Waals surface area contributed by atoms with Crippen molar-refractivity contribution in [3.05, 3.63) is 33.4 Å². The van der Waals surface area contributed by atoms with Gasteiger partial charge in [-0.05, 0) is 53.6 Å². The maximum Gasteiger partial charge on any atom is 0.305 e. The highest BCUT2D eigenvalue weighted by molar-refractivity contribution is 14.1. The minimum atomic E-state index is -0.834. The summed E-state index contributed by atoms with van der Waals surface area (Å²) < 4.78 is 1.00. The van der Waals surface area contributed by atoms with Crippen LogP contribution in [0.25, 0.3) is 0 Å². The van der Waals surface area contributed by atoms with Crippen molar-refractivity contribution >= 4 is 34.5 Å². The lowest BCUT2D eigenvalue weighted by molar-refractivity contribution is -0.140. The van der Waals surface area contributed by atoms with Gasteiger partial charge in [0.2, 0.25) is 0 Å². The van der Waals surface area contributed by atoms with E-state index in [4.69, 9.17) is 0 Å². The molecule has 1 saturated carbocycles. The average Bonchev–Trinajstić information content (AvgIpc) is 2.46. The average molecular weight is 401 g/mol. The smallest absolute Gasteiger partial charge is 0.305 e. The fraction of sp³-hybridized carbons (Fsp3) is 0.500. The molecular weight excluding hydrogens is 381 g/mol. The molecule has 2 rings (SSSR count). The van der Waals surface area contributed by atoms with E-state index in [-0.39, 0.29) is 12.3 Å². The summed E-state index contributed by atoms with van der Waals surface area (Å²) in [6, 6.07) is 7.42. The van der Waals surface area contributed by atoms with Crippen molar-refractivity contribution in [2.24, 2.45) is 0 Å². The molecule has 21 heavy (non-hydrogen) atoms. The largest absolute Gasteiger partial charge is 0.481 e. The molecule has 1 fully saturated rings. The van der Waals surface area contributed by atoms with Gasteiger partial charge in [-0.15, -0.1) is 0 Å². The molecule has 5 heteroatoms. The van der Waals surface area contributed by atoms with Gasteiger partial charge in [0.25, 0.3) is 5.91 Å². The zero-order chi connectivity index (χ0) is 15.5. The van der Waals surface area contributed by atoms with Crippen LogP contribution in [0.3, 0.4) is 0 Å². The monoisotopic (exact) mass is 401 g/mol. The van der Waals surface area contributed by atoms with Crippen molar-refractivity contribution in [3.8, 4) is 0 Å². The van der Waals surface area contributed by atoms with Gasteiger partial charge in [0.15, 0.2) is 0 Å². The molecule has 0 spiro atoms. The first-order valence-electron chi connectivity index (χ1n) is 7.20. The van der Waals surface area contributed by atoms with Crippen LogP contribution >= 0.6 is 22.6 Å². The maximum atomic E-state index is 12.7. The third-order valence-electron chi connectivity index (χ3n) is 4.35. The molecule has 0 radical (unpaired) electrons. The highest BCUT2D eigenvalue weighted by Gasteiger charge is 2.40. The number of amides is 1. The van der Waals surface area contributed by atoms with Crippen LogP contribution in [0, 0.1) is 3.57 Å². The lowest BCUT2D eigenvalue weighted by Crippen LogP contribution is -2.52. The topological polar surface area (TPSA) is 57.6 Å². The van der Waals surface area contributed by atoms with E-state index in [2.05, 4.69) is 22.6 Å². The summed E-state index contributed by atoms with van der Waals surface area (Å²) in [6.45, 7) is 0. The minimum absolute atomic E-state index is 0.0270. The Kier molecular flexibility index (Phi) is 5.24. The van der Waals surface area contributed by atoms with Crippen LogP contribution in [0.5, 0.6) is 0 Å². The number of carbonyl (C=O) groups excluding carboxylic acids is 1. The van der Waals surface area contributed by atoms with Crippen molar-refractivity contribution in [3.63, 3.8) is 0 Å². The van der Waals surface area contributed by atoms with E-state index in [1.807, 2.05) is 18.2 Å². The van der Waals surface area contributed by atoms with E-state index in [0.29, 0.717) is 5.56 Å². The first kappa shape index (κ1) is 16.3. The minimum Gasteiger partial charge on any atom is -0.481 e. The lowest BCUT2D eigenvalue weighted by atomic mass is 9.78.